The molecule has 1 aliphatic rings. The molecule has 3 rings (SSSR count). The maximum atomic E-state index is 12.7. The van der Waals surface area contributed by atoms with E-state index in [4.69, 9.17) is 16.3 Å². The van der Waals surface area contributed by atoms with Crippen molar-refractivity contribution >= 4 is 33.2 Å². The smallest absolute Gasteiger partial charge is 0.261 e. The van der Waals surface area contributed by atoms with Crippen LogP contribution < -0.4 is 14.8 Å². The van der Waals surface area contributed by atoms with Crippen LogP contribution in [0.25, 0.3) is 0 Å². The van der Waals surface area contributed by atoms with Crippen molar-refractivity contribution in [1.29, 1.82) is 0 Å². The Morgan fingerprint density at radius 1 is 1.19 bits per heavy atom. The predicted molar refractivity (Wildman–Crippen MR) is 101 cm³/mol. The number of hydrogen-bond acceptors (Lipinski definition) is 4. The fourth-order valence-corrected chi connectivity index (χ4v) is 3.97. The number of halogens is 1. The Kier molecular flexibility index (Phi) is 5.11. The van der Waals surface area contributed by atoms with Gasteiger partial charge in [-0.25, -0.2) is 8.42 Å². The number of ether oxygens (including phenoxy) is 1. The highest BCUT2D eigenvalue weighted by atomic mass is 35.5. The summed E-state index contributed by atoms with van der Waals surface area (Å²) in [6.07, 6.45) is 0.671. The molecule has 0 bridgehead atoms. The molecule has 6 nitrogen and oxygen atoms in total. The fourth-order valence-electron chi connectivity index (χ4n) is 2.62. The lowest BCUT2D eigenvalue weighted by atomic mass is 10.2. The first kappa shape index (κ1) is 18.5. The molecule has 0 saturated carbocycles. The summed E-state index contributed by atoms with van der Waals surface area (Å²) in [7, 11) is -3.84. The first-order valence-electron chi connectivity index (χ1n) is 8.15. The molecule has 0 atom stereocenters. The Morgan fingerprint density at radius 2 is 1.96 bits per heavy atom. The number of carbonyl (C=O) groups excluding carboxylic acids is 1. The molecule has 1 aliphatic heterocycles. The molecule has 0 radical (unpaired) electrons. The van der Waals surface area contributed by atoms with Crippen molar-refractivity contribution in [3.05, 3.63) is 52.5 Å². The van der Waals surface area contributed by atoms with Gasteiger partial charge in [0.05, 0.1) is 22.2 Å². The van der Waals surface area contributed by atoms with Crippen LogP contribution in [0.1, 0.15) is 29.8 Å². The molecule has 1 amide bonds. The third-order valence-electron chi connectivity index (χ3n) is 3.86. The molecule has 2 N–H and O–H groups in total. The van der Waals surface area contributed by atoms with Gasteiger partial charge in [-0.2, -0.15) is 0 Å². The first-order chi connectivity index (χ1) is 12.3. The molecule has 0 spiro atoms. The monoisotopic (exact) mass is 394 g/mol. The Labute approximate surface area is 157 Å². The van der Waals surface area contributed by atoms with E-state index in [2.05, 4.69) is 10.0 Å². The SMILES string of the molecule is CC(C)NC(=O)c1ccc(Cl)c(NS(=O)(=O)c2ccc3c(c2)CCO3)c1. The van der Waals surface area contributed by atoms with Gasteiger partial charge in [-0.15, -0.1) is 0 Å². The average molecular weight is 395 g/mol. The van der Waals surface area contributed by atoms with Gasteiger partial charge < -0.3 is 10.1 Å². The van der Waals surface area contributed by atoms with E-state index in [-0.39, 0.29) is 27.6 Å². The fraction of sp³-hybridized carbons (Fsp3) is 0.278. The van der Waals surface area contributed by atoms with Crippen molar-refractivity contribution in [1.82, 2.24) is 5.32 Å². The lowest BCUT2D eigenvalue weighted by Gasteiger charge is -2.13. The molecule has 0 saturated heterocycles. The summed E-state index contributed by atoms with van der Waals surface area (Å²) in [6, 6.07) is 9.14. The number of nitrogens with one attached hydrogen (secondary N) is 2. The van der Waals surface area contributed by atoms with E-state index < -0.39 is 10.0 Å². The maximum Gasteiger partial charge on any atom is 0.261 e. The quantitative estimate of drug-likeness (QED) is 0.815. The Balaban J connectivity index is 1.88. The second-order valence-electron chi connectivity index (χ2n) is 6.30. The van der Waals surface area contributed by atoms with Crippen molar-refractivity contribution < 1.29 is 17.9 Å². The summed E-state index contributed by atoms with van der Waals surface area (Å²) in [6.45, 7) is 4.23. The highest BCUT2D eigenvalue weighted by molar-refractivity contribution is 7.92. The van der Waals surface area contributed by atoms with Crippen LogP contribution in [0.3, 0.4) is 0 Å². The van der Waals surface area contributed by atoms with E-state index in [1.54, 1.807) is 18.2 Å². The zero-order valence-corrected chi connectivity index (χ0v) is 15.9. The number of amides is 1. The lowest BCUT2D eigenvalue weighted by molar-refractivity contribution is 0.0943. The van der Waals surface area contributed by atoms with Crippen LogP contribution in [0.5, 0.6) is 5.75 Å². The number of fused-ring (bicyclic) bond motifs is 1. The molecule has 8 heteroatoms. The minimum Gasteiger partial charge on any atom is -0.493 e. The number of benzene rings is 2. The highest BCUT2D eigenvalue weighted by Crippen LogP contribution is 2.30. The van der Waals surface area contributed by atoms with E-state index in [9.17, 15) is 13.2 Å². The molecule has 138 valence electrons. The van der Waals surface area contributed by atoms with Crippen LogP contribution in [0.15, 0.2) is 41.3 Å². The minimum atomic E-state index is -3.84. The second-order valence-corrected chi connectivity index (χ2v) is 8.39. The first-order valence-corrected chi connectivity index (χ1v) is 10.0. The van der Waals surface area contributed by atoms with E-state index in [0.717, 1.165) is 5.56 Å². The molecule has 2 aromatic rings. The second kappa shape index (κ2) is 7.17. The van der Waals surface area contributed by atoms with Gasteiger partial charge in [-0.05, 0) is 55.8 Å². The number of anilines is 1. The van der Waals surface area contributed by atoms with Gasteiger partial charge in [0.2, 0.25) is 0 Å². The topological polar surface area (TPSA) is 84.5 Å². The number of carbonyl (C=O) groups is 1. The summed E-state index contributed by atoms with van der Waals surface area (Å²) in [5.41, 5.74) is 1.33. The molecular formula is C18H19ClN2O4S. The summed E-state index contributed by atoms with van der Waals surface area (Å²) >= 11 is 6.12. The Bertz CT molecular complexity index is 958. The normalized spacial score (nSPS) is 13.2. The van der Waals surface area contributed by atoms with Gasteiger partial charge >= 0.3 is 0 Å². The summed E-state index contributed by atoms with van der Waals surface area (Å²) in [4.78, 5) is 12.3. The van der Waals surface area contributed by atoms with E-state index in [0.29, 0.717) is 24.3 Å². The molecule has 1 heterocycles. The van der Waals surface area contributed by atoms with Crippen LogP contribution in [-0.4, -0.2) is 27.0 Å². The third-order valence-corrected chi connectivity index (χ3v) is 5.56. The summed E-state index contributed by atoms with van der Waals surface area (Å²) in [5.74, 6) is 0.404. The number of hydrogen-bond donors (Lipinski definition) is 2. The molecule has 0 aliphatic carbocycles. The molecule has 2 aromatic carbocycles. The van der Waals surface area contributed by atoms with Crippen LogP contribution in [0.2, 0.25) is 5.02 Å². The van der Waals surface area contributed by atoms with Crippen molar-refractivity contribution in [2.45, 2.75) is 31.2 Å². The van der Waals surface area contributed by atoms with Crippen LogP contribution in [0.4, 0.5) is 5.69 Å². The number of rotatable bonds is 5. The summed E-state index contributed by atoms with van der Waals surface area (Å²) in [5, 5.41) is 2.96. The van der Waals surface area contributed by atoms with Crippen molar-refractivity contribution in [3.8, 4) is 5.75 Å². The zero-order chi connectivity index (χ0) is 18.9. The molecule has 0 aromatic heterocycles. The highest BCUT2D eigenvalue weighted by Gasteiger charge is 2.21. The van der Waals surface area contributed by atoms with Gasteiger partial charge in [-0.1, -0.05) is 11.6 Å². The Hall–Kier alpha value is -2.25. The van der Waals surface area contributed by atoms with Crippen molar-refractivity contribution in [2.75, 3.05) is 11.3 Å². The van der Waals surface area contributed by atoms with Crippen LogP contribution >= 0.6 is 11.6 Å². The standard InChI is InChI=1S/C18H19ClN2O4S/c1-11(2)20-18(22)13-3-5-15(19)16(10-13)21-26(23,24)14-4-6-17-12(9-14)7-8-25-17/h3-6,9-11,21H,7-8H2,1-2H3,(H,20,22). The molecule has 26 heavy (non-hydrogen) atoms. The van der Waals surface area contributed by atoms with Gasteiger partial charge in [-0.3, -0.25) is 9.52 Å². The van der Waals surface area contributed by atoms with Gasteiger partial charge in [0, 0.05) is 18.0 Å². The average Bonchev–Trinajstić information content (AvgIpc) is 3.03. The lowest BCUT2D eigenvalue weighted by Crippen LogP contribution is -2.30. The third kappa shape index (κ3) is 3.94. The maximum absolute atomic E-state index is 12.7. The molecule has 0 fully saturated rings. The number of sulfonamides is 1. The van der Waals surface area contributed by atoms with E-state index >= 15 is 0 Å². The van der Waals surface area contributed by atoms with E-state index in [1.807, 2.05) is 13.8 Å². The van der Waals surface area contributed by atoms with Crippen molar-refractivity contribution in [2.24, 2.45) is 0 Å². The minimum absolute atomic E-state index is 0.0352. The van der Waals surface area contributed by atoms with Crippen LogP contribution in [0, 0.1) is 0 Å². The summed E-state index contributed by atoms with van der Waals surface area (Å²) < 4.78 is 33.3. The zero-order valence-electron chi connectivity index (χ0n) is 14.4. The predicted octanol–water partition coefficient (Wildman–Crippen LogP) is 3.21. The molecular weight excluding hydrogens is 376 g/mol. The Morgan fingerprint density at radius 3 is 2.69 bits per heavy atom. The van der Waals surface area contributed by atoms with E-state index in [1.165, 1.54) is 18.2 Å². The molecule has 0 unspecified atom stereocenters. The largest absolute Gasteiger partial charge is 0.493 e. The van der Waals surface area contributed by atoms with Crippen molar-refractivity contribution in [3.63, 3.8) is 0 Å². The van der Waals surface area contributed by atoms with Gasteiger partial charge in [0.1, 0.15) is 5.75 Å². The van der Waals surface area contributed by atoms with Crippen LogP contribution in [-0.2, 0) is 16.4 Å². The van der Waals surface area contributed by atoms with Gasteiger partial charge in [0.15, 0.2) is 0 Å². The van der Waals surface area contributed by atoms with Gasteiger partial charge in [0.25, 0.3) is 15.9 Å².